The van der Waals surface area contributed by atoms with Crippen molar-refractivity contribution >= 4 is 5.52 Å². The molecular weight excluding hydrogens is 288 g/mol. The van der Waals surface area contributed by atoms with Crippen molar-refractivity contribution in [2.75, 3.05) is 7.11 Å². The Bertz CT molecular complexity index is 963. The first-order chi connectivity index (χ1) is 11.4. The minimum atomic E-state index is 0.604. The van der Waals surface area contributed by atoms with Gasteiger partial charge in [-0.1, -0.05) is 0 Å². The summed E-state index contributed by atoms with van der Waals surface area (Å²) < 4.78 is 7.40. The van der Waals surface area contributed by atoms with Crippen LogP contribution in [0.3, 0.4) is 0 Å². The fourth-order valence-corrected chi connectivity index (χ4v) is 2.72. The van der Waals surface area contributed by atoms with Crippen LogP contribution < -0.4 is 4.74 Å². The summed E-state index contributed by atoms with van der Waals surface area (Å²) in [4.78, 5) is 12.6. The van der Waals surface area contributed by atoms with Gasteiger partial charge in [0.15, 0.2) is 0 Å². The van der Waals surface area contributed by atoms with Crippen LogP contribution in [0.4, 0.5) is 0 Å². The molecule has 112 valence electrons. The Hall–Kier alpha value is -3.21. The molecule has 0 aliphatic carbocycles. The van der Waals surface area contributed by atoms with Crippen molar-refractivity contribution in [1.82, 2.24) is 19.4 Å². The van der Waals surface area contributed by atoms with E-state index in [0.29, 0.717) is 5.88 Å². The van der Waals surface area contributed by atoms with Crippen LogP contribution in [0.1, 0.15) is 0 Å². The quantitative estimate of drug-likeness (QED) is 0.581. The number of hydrogen-bond donors (Lipinski definition) is 0. The normalized spacial score (nSPS) is 10.8. The second-order valence-electron chi connectivity index (χ2n) is 5.12. The highest BCUT2D eigenvalue weighted by molar-refractivity contribution is 5.84. The monoisotopic (exact) mass is 302 g/mol. The molecule has 0 aliphatic heterocycles. The molecule has 0 spiro atoms. The van der Waals surface area contributed by atoms with E-state index in [0.717, 1.165) is 27.8 Å². The van der Waals surface area contributed by atoms with Gasteiger partial charge < -0.3 is 9.14 Å². The van der Waals surface area contributed by atoms with Gasteiger partial charge in [0.1, 0.15) is 0 Å². The fraction of sp³-hybridized carbons (Fsp3) is 0.0556. The van der Waals surface area contributed by atoms with Gasteiger partial charge in [-0.2, -0.15) is 0 Å². The smallest absolute Gasteiger partial charge is 0.221 e. The zero-order valence-corrected chi connectivity index (χ0v) is 12.5. The molecule has 0 bridgehead atoms. The molecule has 0 aromatic carbocycles. The molecule has 0 saturated carbocycles. The van der Waals surface area contributed by atoms with Crippen molar-refractivity contribution in [3.8, 4) is 28.1 Å². The van der Waals surface area contributed by atoms with E-state index in [2.05, 4.69) is 21.0 Å². The molecule has 0 saturated heterocycles. The van der Waals surface area contributed by atoms with Crippen LogP contribution in [0.15, 0.2) is 67.6 Å². The van der Waals surface area contributed by atoms with Gasteiger partial charge in [0.2, 0.25) is 5.88 Å². The third-order valence-electron chi connectivity index (χ3n) is 3.79. The number of rotatable bonds is 3. The first-order valence-corrected chi connectivity index (χ1v) is 7.22. The largest absolute Gasteiger partial charge is 0.481 e. The van der Waals surface area contributed by atoms with E-state index >= 15 is 0 Å². The lowest BCUT2D eigenvalue weighted by Gasteiger charge is -2.11. The lowest BCUT2D eigenvalue weighted by molar-refractivity contribution is 0.399. The maximum atomic E-state index is 5.39. The number of nitrogens with zero attached hydrogens (tertiary/aromatic N) is 4. The summed E-state index contributed by atoms with van der Waals surface area (Å²) in [5.41, 5.74) is 5.19. The van der Waals surface area contributed by atoms with Crippen molar-refractivity contribution in [2.45, 2.75) is 0 Å². The molecule has 0 radical (unpaired) electrons. The predicted molar refractivity (Wildman–Crippen MR) is 88.2 cm³/mol. The molecule has 4 aromatic rings. The van der Waals surface area contributed by atoms with E-state index in [1.807, 2.05) is 41.1 Å². The summed E-state index contributed by atoms with van der Waals surface area (Å²) in [6.45, 7) is 0. The predicted octanol–water partition coefficient (Wildman–Crippen LogP) is 3.47. The molecule has 5 nitrogen and oxygen atoms in total. The molecule has 23 heavy (non-hydrogen) atoms. The van der Waals surface area contributed by atoms with Crippen LogP contribution in [0.25, 0.3) is 27.8 Å². The number of methoxy groups -OCH3 is 1. The van der Waals surface area contributed by atoms with Crippen molar-refractivity contribution in [3.63, 3.8) is 0 Å². The summed E-state index contributed by atoms with van der Waals surface area (Å²) in [7, 11) is 1.63. The van der Waals surface area contributed by atoms with Crippen molar-refractivity contribution < 1.29 is 4.74 Å². The zero-order chi connectivity index (χ0) is 15.6. The average Bonchev–Trinajstić information content (AvgIpc) is 3.10. The molecular formula is C18H14N4O. The Balaban J connectivity index is 1.99. The maximum absolute atomic E-state index is 5.39. The highest BCUT2D eigenvalue weighted by atomic mass is 16.5. The van der Waals surface area contributed by atoms with Crippen LogP contribution in [-0.2, 0) is 0 Å². The highest BCUT2D eigenvalue weighted by Gasteiger charge is 2.12. The van der Waals surface area contributed by atoms with Gasteiger partial charge in [-0.25, -0.2) is 9.97 Å². The Morgan fingerprint density at radius 2 is 1.83 bits per heavy atom. The van der Waals surface area contributed by atoms with E-state index in [9.17, 15) is 0 Å². The Kier molecular flexibility index (Phi) is 3.24. The van der Waals surface area contributed by atoms with Crippen molar-refractivity contribution in [1.29, 1.82) is 0 Å². The van der Waals surface area contributed by atoms with E-state index in [1.54, 1.807) is 32.0 Å². The lowest BCUT2D eigenvalue weighted by Crippen LogP contribution is -1.94. The third kappa shape index (κ3) is 2.32. The molecule has 0 fully saturated rings. The lowest BCUT2D eigenvalue weighted by atomic mass is 10.0. The molecule has 4 aromatic heterocycles. The number of pyridine rings is 3. The second kappa shape index (κ2) is 5.53. The van der Waals surface area contributed by atoms with Crippen LogP contribution in [-0.4, -0.2) is 26.5 Å². The molecule has 4 heterocycles. The first kappa shape index (κ1) is 13.5. The molecule has 0 amide bonds. The van der Waals surface area contributed by atoms with E-state index in [-0.39, 0.29) is 0 Å². The summed E-state index contributed by atoms with van der Waals surface area (Å²) in [5, 5.41) is 0. The van der Waals surface area contributed by atoms with Gasteiger partial charge >= 0.3 is 0 Å². The minimum absolute atomic E-state index is 0.604. The van der Waals surface area contributed by atoms with Crippen molar-refractivity contribution in [3.05, 3.63) is 67.6 Å². The zero-order valence-electron chi connectivity index (χ0n) is 12.5. The van der Waals surface area contributed by atoms with E-state index in [4.69, 9.17) is 4.74 Å². The summed E-state index contributed by atoms with van der Waals surface area (Å²) >= 11 is 0. The second-order valence-corrected chi connectivity index (χ2v) is 5.12. The molecule has 5 heteroatoms. The van der Waals surface area contributed by atoms with Crippen LogP contribution >= 0.6 is 0 Å². The topological polar surface area (TPSA) is 52.3 Å². The minimum Gasteiger partial charge on any atom is -0.481 e. The first-order valence-electron chi connectivity index (χ1n) is 7.22. The van der Waals surface area contributed by atoms with E-state index < -0.39 is 0 Å². The van der Waals surface area contributed by atoms with Crippen molar-refractivity contribution in [2.24, 2.45) is 0 Å². The highest BCUT2D eigenvalue weighted by Crippen LogP contribution is 2.33. The molecule has 0 unspecified atom stereocenters. The molecule has 4 rings (SSSR count). The van der Waals surface area contributed by atoms with Gasteiger partial charge in [0.05, 0.1) is 25.2 Å². The van der Waals surface area contributed by atoms with Gasteiger partial charge in [-0.15, -0.1) is 0 Å². The molecule has 0 N–H and O–H groups in total. The van der Waals surface area contributed by atoms with Crippen LogP contribution in [0.5, 0.6) is 5.88 Å². The SMILES string of the molecule is COc1ncccc1-c1cc(-c2ccncc2)c2cncn2c1. The number of ether oxygens (including phenoxy) is 1. The number of hydrogen-bond acceptors (Lipinski definition) is 4. The Morgan fingerprint density at radius 3 is 2.65 bits per heavy atom. The van der Waals surface area contributed by atoms with Gasteiger partial charge in [-0.05, 0) is 35.9 Å². The van der Waals surface area contributed by atoms with Gasteiger partial charge in [0.25, 0.3) is 0 Å². The molecule has 0 aliphatic rings. The van der Waals surface area contributed by atoms with Gasteiger partial charge in [0, 0.05) is 41.5 Å². The summed E-state index contributed by atoms with van der Waals surface area (Å²) in [6.07, 6.45) is 11.0. The third-order valence-corrected chi connectivity index (χ3v) is 3.79. The summed E-state index contributed by atoms with van der Waals surface area (Å²) in [5.74, 6) is 0.604. The summed E-state index contributed by atoms with van der Waals surface area (Å²) in [6, 6.07) is 10.0. The standard InChI is InChI=1S/C18H14N4O/c1-23-18-15(3-2-6-21-18)14-9-16(13-4-7-19-8-5-13)17-10-20-12-22(17)11-14/h2-12H,1H3. The van der Waals surface area contributed by atoms with Gasteiger partial charge in [-0.3, -0.25) is 4.98 Å². The molecule has 0 atom stereocenters. The Labute approximate surface area is 133 Å². The average molecular weight is 302 g/mol. The van der Waals surface area contributed by atoms with E-state index in [1.165, 1.54) is 0 Å². The fourth-order valence-electron chi connectivity index (χ4n) is 2.72. The van der Waals surface area contributed by atoms with Crippen LogP contribution in [0, 0.1) is 0 Å². The number of aromatic nitrogens is 4. The maximum Gasteiger partial charge on any atom is 0.221 e. The number of fused-ring (bicyclic) bond motifs is 1. The Morgan fingerprint density at radius 1 is 0.957 bits per heavy atom. The van der Waals surface area contributed by atoms with Crippen LogP contribution in [0.2, 0.25) is 0 Å². The number of imidazole rings is 1.